The summed E-state index contributed by atoms with van der Waals surface area (Å²) >= 11 is 5.91. The van der Waals surface area contributed by atoms with Crippen molar-refractivity contribution in [2.24, 2.45) is 17.8 Å². The van der Waals surface area contributed by atoms with Crippen molar-refractivity contribution >= 4 is 28.4 Å². The minimum atomic E-state index is -0.217. The Hall–Kier alpha value is -2.40. The van der Waals surface area contributed by atoms with Crippen molar-refractivity contribution < 1.29 is 9.18 Å². The number of carbonyl (C=O) groups is 1. The Morgan fingerprint density at radius 2 is 1.97 bits per heavy atom. The lowest BCUT2D eigenvalue weighted by Crippen LogP contribution is -2.37. The molecule has 3 aromatic rings. The van der Waals surface area contributed by atoms with E-state index in [0.29, 0.717) is 45.3 Å². The van der Waals surface area contributed by atoms with Crippen molar-refractivity contribution in [2.45, 2.75) is 38.3 Å². The van der Waals surface area contributed by atoms with Gasteiger partial charge < -0.3 is 5.32 Å². The summed E-state index contributed by atoms with van der Waals surface area (Å²) in [6.45, 7) is 2.13. The van der Waals surface area contributed by atoms with E-state index in [1.165, 1.54) is 6.07 Å². The third-order valence-corrected chi connectivity index (χ3v) is 6.95. The van der Waals surface area contributed by atoms with Gasteiger partial charge in [0.25, 0.3) is 5.91 Å². The monoisotopic (exact) mass is 411 g/mol. The Labute approximate surface area is 174 Å². The molecule has 0 spiro atoms. The molecule has 2 aromatic carbocycles. The summed E-state index contributed by atoms with van der Waals surface area (Å²) in [5.74, 6) is 1.48. The highest BCUT2D eigenvalue weighted by Crippen LogP contribution is 2.62. The molecule has 150 valence electrons. The van der Waals surface area contributed by atoms with Gasteiger partial charge in [-0.05, 0) is 73.4 Å². The fourth-order valence-corrected chi connectivity index (χ4v) is 5.34. The van der Waals surface area contributed by atoms with Crippen LogP contribution in [0.4, 0.5) is 4.39 Å². The van der Waals surface area contributed by atoms with Crippen LogP contribution in [0.5, 0.6) is 0 Å². The van der Waals surface area contributed by atoms with E-state index in [1.54, 1.807) is 30.3 Å². The van der Waals surface area contributed by atoms with E-state index in [1.807, 2.05) is 16.9 Å². The molecular weight excluding hydrogens is 389 g/mol. The maximum absolute atomic E-state index is 14.0. The molecule has 4 nitrogen and oxygen atoms in total. The molecule has 5 rings (SSSR count). The van der Waals surface area contributed by atoms with Crippen LogP contribution < -0.4 is 5.32 Å². The molecule has 6 heteroatoms. The van der Waals surface area contributed by atoms with Crippen LogP contribution in [0, 0.1) is 23.6 Å². The van der Waals surface area contributed by atoms with Gasteiger partial charge in [-0.3, -0.25) is 9.48 Å². The van der Waals surface area contributed by atoms with Crippen LogP contribution in [0.2, 0.25) is 5.02 Å². The Kier molecular flexibility index (Phi) is 4.58. The molecular formula is C23H23ClFN3O. The van der Waals surface area contributed by atoms with E-state index in [9.17, 15) is 9.18 Å². The van der Waals surface area contributed by atoms with Gasteiger partial charge in [0.15, 0.2) is 0 Å². The second kappa shape index (κ2) is 7.13. The number of rotatable bonds is 5. The fraction of sp³-hybridized carbons (Fsp3) is 0.391. The summed E-state index contributed by atoms with van der Waals surface area (Å²) in [4.78, 5) is 12.6. The lowest BCUT2D eigenvalue weighted by Gasteiger charge is -2.21. The molecule has 29 heavy (non-hydrogen) atoms. The summed E-state index contributed by atoms with van der Waals surface area (Å²) in [6, 6.07) is 12.5. The Bertz CT molecular complexity index is 1050. The van der Waals surface area contributed by atoms with Crippen LogP contribution in [-0.2, 0) is 0 Å². The first kappa shape index (κ1) is 18.6. The molecule has 0 bridgehead atoms. The molecule has 0 radical (unpaired) electrons. The van der Waals surface area contributed by atoms with Crippen LogP contribution in [-0.4, -0.2) is 21.7 Å². The van der Waals surface area contributed by atoms with Gasteiger partial charge in [0.2, 0.25) is 0 Å². The van der Waals surface area contributed by atoms with Crippen LogP contribution in [0.15, 0.2) is 48.7 Å². The maximum Gasteiger partial charge on any atom is 0.251 e. The van der Waals surface area contributed by atoms with Gasteiger partial charge in [0.1, 0.15) is 5.82 Å². The van der Waals surface area contributed by atoms with Crippen molar-refractivity contribution in [3.63, 3.8) is 0 Å². The summed E-state index contributed by atoms with van der Waals surface area (Å²) < 4.78 is 15.9. The van der Waals surface area contributed by atoms with Gasteiger partial charge >= 0.3 is 0 Å². The minimum Gasteiger partial charge on any atom is -0.349 e. The van der Waals surface area contributed by atoms with Gasteiger partial charge in [0.05, 0.1) is 16.9 Å². The molecule has 2 saturated carbocycles. The number of nitrogens with zero attached hydrogens (tertiary/aromatic N) is 2. The number of benzene rings is 2. The predicted octanol–water partition coefficient (Wildman–Crippen LogP) is 5.23. The first-order chi connectivity index (χ1) is 14.0. The maximum atomic E-state index is 14.0. The number of hydrogen-bond donors (Lipinski definition) is 1. The molecule has 1 aromatic heterocycles. The number of halogens is 2. The Balaban J connectivity index is 1.24. The summed E-state index contributed by atoms with van der Waals surface area (Å²) in [7, 11) is 0. The SMILES string of the molecule is CCC(NC(=O)c1ccc(Cl)cc1)[C@H]1[C@@H]2C[C@@H](n3cc4c(F)cccc4n3)C[C@@H]21. The standard InChI is InChI=1S/C23H23ClFN3O/c1-2-20(26-23(29)13-6-8-14(24)9-7-13)22-16-10-15(11-17(16)22)28-12-18-19(25)4-3-5-21(18)27-28/h3-9,12,15-17,20,22H,2,10-11H2,1H3,(H,26,29)/t15-,16-,17+,20?,22+. The van der Waals surface area contributed by atoms with Gasteiger partial charge in [0, 0.05) is 22.8 Å². The lowest BCUT2D eigenvalue weighted by atomic mass is 9.99. The largest absolute Gasteiger partial charge is 0.349 e. The van der Waals surface area contributed by atoms with E-state index in [4.69, 9.17) is 11.6 Å². The van der Waals surface area contributed by atoms with E-state index in [2.05, 4.69) is 17.3 Å². The smallest absolute Gasteiger partial charge is 0.251 e. The summed E-state index contributed by atoms with van der Waals surface area (Å²) in [6.07, 6.45) is 4.84. The number of hydrogen-bond acceptors (Lipinski definition) is 2. The molecule has 5 atom stereocenters. The third kappa shape index (κ3) is 3.31. The summed E-state index contributed by atoms with van der Waals surface area (Å²) in [5.41, 5.74) is 1.35. The van der Waals surface area contributed by atoms with Crippen molar-refractivity contribution in [1.29, 1.82) is 0 Å². The average molecular weight is 412 g/mol. The van der Waals surface area contributed by atoms with Crippen LogP contribution in [0.3, 0.4) is 0 Å². The van der Waals surface area contributed by atoms with Gasteiger partial charge in [-0.15, -0.1) is 0 Å². The number of carbonyl (C=O) groups excluding carboxylic acids is 1. The Morgan fingerprint density at radius 1 is 1.24 bits per heavy atom. The van der Waals surface area contributed by atoms with Gasteiger partial charge in [-0.1, -0.05) is 24.6 Å². The quantitative estimate of drug-likeness (QED) is 0.624. The zero-order valence-electron chi connectivity index (χ0n) is 16.2. The average Bonchev–Trinajstić information content (AvgIpc) is 3.08. The second-order valence-corrected chi connectivity index (χ2v) is 8.74. The van der Waals surface area contributed by atoms with E-state index in [-0.39, 0.29) is 17.8 Å². The zero-order chi connectivity index (χ0) is 20.1. The van der Waals surface area contributed by atoms with Crippen LogP contribution >= 0.6 is 11.6 Å². The van der Waals surface area contributed by atoms with Crippen molar-refractivity contribution in [3.05, 3.63) is 65.1 Å². The van der Waals surface area contributed by atoms with Crippen molar-refractivity contribution in [2.75, 3.05) is 0 Å². The molecule has 2 fully saturated rings. The van der Waals surface area contributed by atoms with Crippen molar-refractivity contribution in [1.82, 2.24) is 15.1 Å². The van der Waals surface area contributed by atoms with Crippen LogP contribution in [0.25, 0.3) is 10.9 Å². The second-order valence-electron chi connectivity index (χ2n) is 8.31. The van der Waals surface area contributed by atoms with Crippen LogP contribution in [0.1, 0.15) is 42.6 Å². The summed E-state index contributed by atoms with van der Waals surface area (Å²) in [5, 5.41) is 9.03. The number of nitrogens with one attached hydrogen (secondary N) is 1. The fourth-order valence-electron chi connectivity index (χ4n) is 5.21. The molecule has 2 aliphatic carbocycles. The first-order valence-corrected chi connectivity index (χ1v) is 10.6. The predicted molar refractivity (Wildman–Crippen MR) is 111 cm³/mol. The molecule has 0 saturated heterocycles. The molecule has 2 aliphatic rings. The van der Waals surface area contributed by atoms with Gasteiger partial charge in [-0.2, -0.15) is 5.10 Å². The van der Waals surface area contributed by atoms with Gasteiger partial charge in [-0.25, -0.2) is 4.39 Å². The molecule has 1 amide bonds. The highest BCUT2D eigenvalue weighted by molar-refractivity contribution is 6.30. The molecule has 1 heterocycles. The molecule has 1 N–H and O–H groups in total. The molecule has 1 unspecified atom stereocenters. The zero-order valence-corrected chi connectivity index (χ0v) is 16.9. The van der Waals surface area contributed by atoms with Crippen molar-refractivity contribution in [3.8, 4) is 0 Å². The minimum absolute atomic E-state index is 0.0381. The number of fused-ring (bicyclic) bond motifs is 2. The number of amides is 1. The topological polar surface area (TPSA) is 46.9 Å². The van der Waals surface area contributed by atoms with E-state index >= 15 is 0 Å². The Morgan fingerprint density at radius 3 is 2.62 bits per heavy atom. The first-order valence-electron chi connectivity index (χ1n) is 10.2. The lowest BCUT2D eigenvalue weighted by molar-refractivity contribution is 0.0926. The highest BCUT2D eigenvalue weighted by Gasteiger charge is 2.59. The van der Waals surface area contributed by atoms with E-state index in [0.717, 1.165) is 19.3 Å². The molecule has 0 aliphatic heterocycles. The van der Waals surface area contributed by atoms with E-state index < -0.39 is 0 Å². The third-order valence-electron chi connectivity index (χ3n) is 6.70. The number of aromatic nitrogens is 2. The highest BCUT2D eigenvalue weighted by atomic mass is 35.5. The normalized spacial score (nSPS) is 26.3.